The summed E-state index contributed by atoms with van der Waals surface area (Å²) in [7, 11) is 0. The van der Waals surface area contributed by atoms with Crippen LogP contribution in [0.5, 0.6) is 0 Å². The summed E-state index contributed by atoms with van der Waals surface area (Å²) in [6, 6.07) is 2.88. The predicted molar refractivity (Wildman–Crippen MR) is 91.3 cm³/mol. The van der Waals surface area contributed by atoms with Gasteiger partial charge in [0.15, 0.2) is 0 Å². The van der Waals surface area contributed by atoms with E-state index in [-0.39, 0.29) is 6.61 Å². The van der Waals surface area contributed by atoms with Crippen molar-refractivity contribution in [2.45, 2.75) is 31.3 Å². The van der Waals surface area contributed by atoms with Gasteiger partial charge in [-0.3, -0.25) is 9.58 Å². The van der Waals surface area contributed by atoms with Crippen LogP contribution in [0.15, 0.2) is 12.3 Å². The highest BCUT2D eigenvalue weighted by Crippen LogP contribution is 2.29. The van der Waals surface area contributed by atoms with Crippen molar-refractivity contribution in [1.29, 1.82) is 0 Å². The molecule has 1 N–H and O–H groups in total. The SMILES string of the molecule is OCCn1ccc(C2CCCN(C3CSCCSC3)C2)n1. The van der Waals surface area contributed by atoms with Crippen molar-refractivity contribution >= 4 is 23.5 Å². The summed E-state index contributed by atoms with van der Waals surface area (Å²) >= 11 is 4.23. The van der Waals surface area contributed by atoms with Crippen LogP contribution in [-0.2, 0) is 6.54 Å². The summed E-state index contributed by atoms with van der Waals surface area (Å²) < 4.78 is 1.87. The third-order valence-electron chi connectivity index (χ3n) is 4.37. The Morgan fingerprint density at radius 3 is 2.86 bits per heavy atom. The van der Waals surface area contributed by atoms with Crippen molar-refractivity contribution in [3.8, 4) is 0 Å². The van der Waals surface area contributed by atoms with E-state index in [1.54, 1.807) is 0 Å². The lowest BCUT2D eigenvalue weighted by Crippen LogP contribution is -2.44. The molecule has 1 unspecified atom stereocenters. The van der Waals surface area contributed by atoms with E-state index in [9.17, 15) is 0 Å². The first-order valence-electron chi connectivity index (χ1n) is 7.90. The standard InChI is InChI=1S/C15H25N3OS2/c19-7-6-18-5-3-15(16-18)13-2-1-4-17(10-13)14-11-20-8-9-21-12-14/h3,5,13-14,19H,1-2,4,6-12H2. The highest BCUT2D eigenvalue weighted by molar-refractivity contribution is 8.03. The smallest absolute Gasteiger partial charge is 0.0668 e. The first-order valence-corrected chi connectivity index (χ1v) is 10.2. The molecule has 2 aliphatic heterocycles. The molecule has 0 aromatic carbocycles. The van der Waals surface area contributed by atoms with E-state index in [1.807, 2.05) is 10.9 Å². The quantitative estimate of drug-likeness (QED) is 0.915. The second-order valence-corrected chi connectivity index (χ2v) is 8.16. The van der Waals surface area contributed by atoms with Crippen LogP contribution in [0.25, 0.3) is 0 Å². The van der Waals surface area contributed by atoms with E-state index in [1.165, 1.54) is 48.1 Å². The van der Waals surface area contributed by atoms with Crippen molar-refractivity contribution in [1.82, 2.24) is 14.7 Å². The van der Waals surface area contributed by atoms with E-state index >= 15 is 0 Å². The van der Waals surface area contributed by atoms with Gasteiger partial charge in [0.05, 0.1) is 18.8 Å². The van der Waals surface area contributed by atoms with Crippen LogP contribution in [0.2, 0.25) is 0 Å². The zero-order chi connectivity index (χ0) is 14.5. The molecule has 6 heteroatoms. The van der Waals surface area contributed by atoms with Gasteiger partial charge in [-0.1, -0.05) is 0 Å². The number of hydrogen-bond acceptors (Lipinski definition) is 5. The lowest BCUT2D eigenvalue weighted by atomic mass is 9.94. The van der Waals surface area contributed by atoms with Crippen molar-refractivity contribution in [3.63, 3.8) is 0 Å². The van der Waals surface area contributed by atoms with Crippen LogP contribution in [0, 0.1) is 0 Å². The van der Waals surface area contributed by atoms with Gasteiger partial charge in [0, 0.05) is 47.7 Å². The lowest BCUT2D eigenvalue weighted by molar-refractivity contribution is 0.171. The van der Waals surface area contributed by atoms with Gasteiger partial charge in [0.25, 0.3) is 0 Å². The molecule has 0 radical (unpaired) electrons. The molecule has 0 aliphatic carbocycles. The van der Waals surface area contributed by atoms with Crippen LogP contribution in [0.4, 0.5) is 0 Å². The molecule has 21 heavy (non-hydrogen) atoms. The highest BCUT2D eigenvalue weighted by Gasteiger charge is 2.28. The molecule has 4 nitrogen and oxygen atoms in total. The van der Waals surface area contributed by atoms with Crippen LogP contribution in [0.1, 0.15) is 24.5 Å². The first-order chi connectivity index (χ1) is 10.4. The molecule has 2 saturated heterocycles. The van der Waals surface area contributed by atoms with Crippen molar-refractivity contribution in [2.24, 2.45) is 0 Å². The molecule has 1 aromatic heterocycles. The van der Waals surface area contributed by atoms with Gasteiger partial charge in [-0.2, -0.15) is 28.6 Å². The molecule has 3 heterocycles. The largest absolute Gasteiger partial charge is 0.394 e. The van der Waals surface area contributed by atoms with Crippen LogP contribution < -0.4 is 0 Å². The fraction of sp³-hybridized carbons (Fsp3) is 0.800. The van der Waals surface area contributed by atoms with E-state index in [0.29, 0.717) is 12.5 Å². The van der Waals surface area contributed by atoms with E-state index < -0.39 is 0 Å². The van der Waals surface area contributed by atoms with E-state index in [4.69, 9.17) is 5.11 Å². The maximum Gasteiger partial charge on any atom is 0.0668 e. The minimum Gasteiger partial charge on any atom is -0.394 e. The number of aromatic nitrogens is 2. The maximum absolute atomic E-state index is 9.00. The number of aliphatic hydroxyl groups is 1. The Morgan fingerprint density at radius 2 is 2.10 bits per heavy atom. The Hall–Kier alpha value is -0.170. The van der Waals surface area contributed by atoms with Crippen LogP contribution in [0.3, 0.4) is 0 Å². The monoisotopic (exact) mass is 327 g/mol. The molecule has 0 bridgehead atoms. The summed E-state index contributed by atoms with van der Waals surface area (Å²) in [6.07, 6.45) is 4.53. The molecule has 1 aromatic rings. The van der Waals surface area contributed by atoms with Gasteiger partial charge in [0.1, 0.15) is 0 Å². The molecule has 0 saturated carbocycles. The minimum atomic E-state index is 0.161. The Labute approximate surface area is 135 Å². The number of thioether (sulfide) groups is 2. The van der Waals surface area contributed by atoms with E-state index in [2.05, 4.69) is 39.6 Å². The van der Waals surface area contributed by atoms with Crippen molar-refractivity contribution in [2.75, 3.05) is 42.7 Å². The van der Waals surface area contributed by atoms with Crippen molar-refractivity contribution in [3.05, 3.63) is 18.0 Å². The third kappa shape index (κ3) is 4.18. The second-order valence-electron chi connectivity index (χ2n) is 5.87. The van der Waals surface area contributed by atoms with Gasteiger partial charge in [0.2, 0.25) is 0 Å². The third-order valence-corrected chi connectivity index (χ3v) is 6.86. The minimum absolute atomic E-state index is 0.161. The first kappa shape index (κ1) is 15.7. The molecular weight excluding hydrogens is 302 g/mol. The molecule has 2 fully saturated rings. The lowest BCUT2D eigenvalue weighted by Gasteiger charge is -2.37. The second kappa shape index (κ2) is 7.90. The topological polar surface area (TPSA) is 41.3 Å². The average molecular weight is 328 g/mol. The van der Waals surface area contributed by atoms with Crippen molar-refractivity contribution < 1.29 is 5.11 Å². The van der Waals surface area contributed by atoms with Gasteiger partial charge < -0.3 is 5.11 Å². The number of rotatable bonds is 4. The van der Waals surface area contributed by atoms with Gasteiger partial charge in [-0.05, 0) is 25.5 Å². The summed E-state index contributed by atoms with van der Waals surface area (Å²) in [5.74, 6) is 5.77. The summed E-state index contributed by atoms with van der Waals surface area (Å²) in [6.45, 7) is 3.17. The number of hydrogen-bond donors (Lipinski definition) is 1. The molecule has 0 amide bonds. The summed E-state index contributed by atoms with van der Waals surface area (Å²) in [5, 5.41) is 13.6. The predicted octanol–water partition coefficient (Wildman–Crippen LogP) is 1.90. The Bertz CT molecular complexity index is 432. The zero-order valence-corrected chi connectivity index (χ0v) is 14.1. The van der Waals surface area contributed by atoms with Crippen LogP contribution >= 0.6 is 23.5 Å². The Kier molecular flexibility index (Phi) is 5.91. The molecule has 2 aliphatic rings. The molecule has 3 rings (SSSR count). The Morgan fingerprint density at radius 1 is 1.29 bits per heavy atom. The average Bonchev–Trinajstić information content (AvgIpc) is 2.82. The number of aliphatic hydroxyl groups excluding tert-OH is 1. The van der Waals surface area contributed by atoms with E-state index in [0.717, 1.165) is 12.6 Å². The Balaban J connectivity index is 1.61. The fourth-order valence-electron chi connectivity index (χ4n) is 3.22. The normalized spacial score (nSPS) is 25.9. The summed E-state index contributed by atoms with van der Waals surface area (Å²) in [4.78, 5) is 2.70. The van der Waals surface area contributed by atoms with Gasteiger partial charge in [-0.25, -0.2) is 0 Å². The molecule has 118 valence electrons. The fourth-order valence-corrected chi connectivity index (χ4v) is 5.84. The van der Waals surface area contributed by atoms with Gasteiger partial charge in [-0.15, -0.1) is 0 Å². The van der Waals surface area contributed by atoms with Crippen LogP contribution in [-0.4, -0.2) is 68.5 Å². The maximum atomic E-state index is 9.00. The summed E-state index contributed by atoms with van der Waals surface area (Å²) in [5.41, 5.74) is 1.21. The number of piperidine rings is 1. The number of nitrogens with zero attached hydrogens (tertiary/aromatic N) is 3. The number of likely N-dealkylation sites (tertiary alicyclic amines) is 1. The zero-order valence-electron chi connectivity index (χ0n) is 12.5. The molecule has 0 spiro atoms. The van der Waals surface area contributed by atoms with Gasteiger partial charge >= 0.3 is 0 Å². The highest BCUT2D eigenvalue weighted by atomic mass is 32.2. The molecule has 1 atom stereocenters. The molecular formula is C15H25N3OS2.